The van der Waals surface area contributed by atoms with E-state index in [1.54, 1.807) is 11.3 Å². The van der Waals surface area contributed by atoms with Gasteiger partial charge in [-0.2, -0.15) is 0 Å². The molecule has 0 saturated carbocycles. The molecule has 0 aliphatic rings. The van der Waals surface area contributed by atoms with Gasteiger partial charge in [0.2, 0.25) is 0 Å². The summed E-state index contributed by atoms with van der Waals surface area (Å²) in [6.07, 6.45) is 0. The molecular formula is C18H18N4S. The first kappa shape index (κ1) is 15.2. The molecule has 0 aliphatic carbocycles. The number of nitrogens with one attached hydrogen (secondary N) is 1. The van der Waals surface area contributed by atoms with Crippen LogP contribution in [0.25, 0.3) is 11.3 Å². The Morgan fingerprint density at radius 2 is 2.00 bits per heavy atom. The van der Waals surface area contributed by atoms with E-state index in [2.05, 4.69) is 27.4 Å². The molecule has 0 amide bonds. The predicted molar refractivity (Wildman–Crippen MR) is 97.7 cm³/mol. The van der Waals surface area contributed by atoms with Gasteiger partial charge >= 0.3 is 0 Å². The van der Waals surface area contributed by atoms with Crippen molar-refractivity contribution in [1.82, 2.24) is 4.98 Å². The number of thiazole rings is 1. The van der Waals surface area contributed by atoms with Gasteiger partial charge < -0.3 is 11.1 Å². The van der Waals surface area contributed by atoms with Gasteiger partial charge in [-0.1, -0.05) is 42.5 Å². The Morgan fingerprint density at radius 1 is 1.17 bits per heavy atom. The summed E-state index contributed by atoms with van der Waals surface area (Å²) >= 11 is 1.59. The Bertz CT molecular complexity index is 809. The van der Waals surface area contributed by atoms with Crippen molar-refractivity contribution >= 4 is 23.0 Å². The Labute approximate surface area is 139 Å². The summed E-state index contributed by atoms with van der Waals surface area (Å²) in [5.41, 5.74) is 10.1. The highest BCUT2D eigenvalue weighted by Gasteiger charge is 2.04. The van der Waals surface area contributed by atoms with Crippen LogP contribution in [0.5, 0.6) is 0 Å². The van der Waals surface area contributed by atoms with E-state index >= 15 is 0 Å². The number of hydrogen-bond donors (Lipinski definition) is 2. The average molecular weight is 322 g/mol. The highest BCUT2D eigenvalue weighted by Crippen LogP contribution is 2.21. The SMILES string of the molecule is Cc1cccc(NC(N)=NCc2nc(-c3ccccc3)cs2)c1. The number of rotatable bonds is 4. The van der Waals surface area contributed by atoms with Crippen molar-refractivity contribution in [3.63, 3.8) is 0 Å². The Balaban J connectivity index is 1.64. The number of aliphatic imine (C=N–C) groups is 1. The quantitative estimate of drug-likeness (QED) is 0.563. The van der Waals surface area contributed by atoms with Crippen LogP contribution < -0.4 is 11.1 Å². The van der Waals surface area contributed by atoms with Crippen molar-refractivity contribution in [2.24, 2.45) is 10.7 Å². The van der Waals surface area contributed by atoms with Crippen LogP contribution in [-0.4, -0.2) is 10.9 Å². The van der Waals surface area contributed by atoms with Crippen LogP contribution in [0.3, 0.4) is 0 Å². The first-order valence-corrected chi connectivity index (χ1v) is 8.22. The average Bonchev–Trinajstić information content (AvgIpc) is 3.03. The van der Waals surface area contributed by atoms with Crippen LogP contribution in [-0.2, 0) is 6.54 Å². The molecule has 0 radical (unpaired) electrons. The second-order valence-corrected chi connectivity index (χ2v) is 6.13. The van der Waals surface area contributed by atoms with Crippen molar-refractivity contribution in [3.8, 4) is 11.3 Å². The highest BCUT2D eigenvalue weighted by atomic mass is 32.1. The van der Waals surface area contributed by atoms with Gasteiger partial charge in [-0.25, -0.2) is 9.98 Å². The van der Waals surface area contributed by atoms with E-state index in [9.17, 15) is 0 Å². The lowest BCUT2D eigenvalue weighted by Crippen LogP contribution is -2.22. The molecule has 1 aromatic heterocycles. The molecule has 2 aromatic carbocycles. The third-order valence-electron chi connectivity index (χ3n) is 3.30. The van der Waals surface area contributed by atoms with E-state index < -0.39 is 0 Å². The fourth-order valence-electron chi connectivity index (χ4n) is 2.19. The van der Waals surface area contributed by atoms with Crippen LogP contribution in [0.1, 0.15) is 10.6 Å². The molecule has 1 heterocycles. The Hall–Kier alpha value is -2.66. The lowest BCUT2D eigenvalue weighted by atomic mass is 10.2. The molecule has 23 heavy (non-hydrogen) atoms. The number of aromatic nitrogens is 1. The maximum Gasteiger partial charge on any atom is 0.193 e. The molecule has 116 valence electrons. The number of anilines is 1. The molecule has 4 nitrogen and oxygen atoms in total. The van der Waals surface area contributed by atoms with Gasteiger partial charge in [0.25, 0.3) is 0 Å². The fourth-order valence-corrected chi connectivity index (χ4v) is 2.91. The predicted octanol–water partition coefficient (Wildman–Crippen LogP) is 4.05. The zero-order chi connectivity index (χ0) is 16.1. The van der Waals surface area contributed by atoms with E-state index in [0.29, 0.717) is 12.5 Å². The smallest absolute Gasteiger partial charge is 0.193 e. The van der Waals surface area contributed by atoms with Crippen molar-refractivity contribution in [2.75, 3.05) is 5.32 Å². The zero-order valence-electron chi connectivity index (χ0n) is 12.9. The van der Waals surface area contributed by atoms with Crippen LogP contribution in [0, 0.1) is 6.92 Å². The summed E-state index contributed by atoms with van der Waals surface area (Å²) in [7, 11) is 0. The molecule has 3 aromatic rings. The molecule has 0 atom stereocenters. The van der Waals surface area contributed by atoms with E-state index in [1.165, 1.54) is 5.56 Å². The van der Waals surface area contributed by atoms with Gasteiger partial charge in [0, 0.05) is 16.6 Å². The molecule has 5 heteroatoms. The lowest BCUT2D eigenvalue weighted by Gasteiger charge is -2.05. The third-order valence-corrected chi connectivity index (χ3v) is 4.13. The molecule has 0 unspecified atom stereocenters. The van der Waals surface area contributed by atoms with Gasteiger partial charge in [0.15, 0.2) is 5.96 Å². The summed E-state index contributed by atoms with van der Waals surface area (Å²) in [6.45, 7) is 2.52. The van der Waals surface area contributed by atoms with Gasteiger partial charge in [0.05, 0.1) is 12.2 Å². The molecule has 3 rings (SSSR count). The van der Waals surface area contributed by atoms with Crippen LogP contribution in [0.15, 0.2) is 65.0 Å². The van der Waals surface area contributed by atoms with Crippen LogP contribution >= 0.6 is 11.3 Å². The molecule has 3 N–H and O–H groups in total. The molecule has 0 fully saturated rings. The second-order valence-electron chi connectivity index (χ2n) is 5.19. The first-order valence-electron chi connectivity index (χ1n) is 7.34. The number of benzene rings is 2. The summed E-state index contributed by atoms with van der Waals surface area (Å²) in [6, 6.07) is 18.1. The van der Waals surface area contributed by atoms with Gasteiger partial charge in [0.1, 0.15) is 5.01 Å². The minimum absolute atomic E-state index is 0.395. The summed E-state index contributed by atoms with van der Waals surface area (Å²) < 4.78 is 0. The normalized spacial score (nSPS) is 11.4. The highest BCUT2D eigenvalue weighted by molar-refractivity contribution is 7.09. The minimum atomic E-state index is 0.395. The molecule has 0 aliphatic heterocycles. The van der Waals surface area contributed by atoms with Gasteiger partial charge in [-0.15, -0.1) is 11.3 Å². The van der Waals surface area contributed by atoms with E-state index in [-0.39, 0.29) is 0 Å². The minimum Gasteiger partial charge on any atom is -0.370 e. The first-order chi connectivity index (χ1) is 11.2. The van der Waals surface area contributed by atoms with E-state index in [0.717, 1.165) is 22.0 Å². The second kappa shape index (κ2) is 7.07. The van der Waals surface area contributed by atoms with Gasteiger partial charge in [-0.3, -0.25) is 0 Å². The largest absolute Gasteiger partial charge is 0.370 e. The van der Waals surface area contributed by atoms with Gasteiger partial charge in [-0.05, 0) is 24.6 Å². The van der Waals surface area contributed by atoms with E-state index in [1.807, 2.05) is 54.8 Å². The van der Waals surface area contributed by atoms with Crippen molar-refractivity contribution in [2.45, 2.75) is 13.5 Å². The number of guanidine groups is 1. The fraction of sp³-hybridized carbons (Fsp3) is 0.111. The Kier molecular flexibility index (Phi) is 4.68. The summed E-state index contributed by atoms with van der Waals surface area (Å²) in [5, 5.41) is 6.08. The Morgan fingerprint density at radius 3 is 2.78 bits per heavy atom. The topological polar surface area (TPSA) is 63.3 Å². The standard InChI is InChI=1S/C18H18N4S/c1-13-6-5-9-15(10-13)21-18(19)20-11-17-22-16(12-23-17)14-7-3-2-4-8-14/h2-10,12H,11H2,1H3,(H3,19,20,21). The zero-order valence-corrected chi connectivity index (χ0v) is 13.7. The maximum absolute atomic E-state index is 5.94. The van der Waals surface area contributed by atoms with Crippen LogP contribution in [0.2, 0.25) is 0 Å². The monoisotopic (exact) mass is 322 g/mol. The van der Waals surface area contributed by atoms with Crippen molar-refractivity contribution < 1.29 is 0 Å². The number of hydrogen-bond acceptors (Lipinski definition) is 3. The lowest BCUT2D eigenvalue weighted by molar-refractivity contribution is 1.03. The van der Waals surface area contributed by atoms with Crippen molar-refractivity contribution in [1.29, 1.82) is 0 Å². The number of nitrogens with zero attached hydrogens (tertiary/aromatic N) is 2. The van der Waals surface area contributed by atoms with Crippen molar-refractivity contribution in [3.05, 3.63) is 70.5 Å². The number of aryl methyl sites for hydroxylation is 1. The molecule has 0 bridgehead atoms. The molecule has 0 saturated heterocycles. The molecule has 0 spiro atoms. The van der Waals surface area contributed by atoms with E-state index in [4.69, 9.17) is 5.73 Å². The number of nitrogens with two attached hydrogens (primary N) is 1. The third kappa shape index (κ3) is 4.17. The maximum atomic E-state index is 5.94. The van der Waals surface area contributed by atoms with Crippen LogP contribution in [0.4, 0.5) is 5.69 Å². The summed E-state index contributed by atoms with van der Waals surface area (Å²) in [5.74, 6) is 0.395. The summed E-state index contributed by atoms with van der Waals surface area (Å²) in [4.78, 5) is 8.96. The molecular weight excluding hydrogens is 304 g/mol.